The van der Waals surface area contributed by atoms with Gasteiger partial charge in [-0.05, 0) is 35.9 Å². The van der Waals surface area contributed by atoms with Gasteiger partial charge in [0.2, 0.25) is 5.91 Å². The molecule has 188 valence electrons. The van der Waals surface area contributed by atoms with E-state index in [1.165, 1.54) is 13.2 Å². The van der Waals surface area contributed by atoms with Crippen LogP contribution in [0.25, 0.3) is 11.3 Å². The van der Waals surface area contributed by atoms with Crippen molar-refractivity contribution in [1.82, 2.24) is 5.32 Å². The van der Waals surface area contributed by atoms with Crippen LogP contribution in [0.1, 0.15) is 27.9 Å². The van der Waals surface area contributed by atoms with Gasteiger partial charge >= 0.3 is 6.16 Å². The highest BCUT2D eigenvalue weighted by Crippen LogP contribution is 2.39. The van der Waals surface area contributed by atoms with Crippen molar-refractivity contribution < 1.29 is 28.7 Å². The summed E-state index contributed by atoms with van der Waals surface area (Å²) in [5.74, 6) is -0.997. The van der Waals surface area contributed by atoms with E-state index in [2.05, 4.69) is 20.7 Å². The molecule has 0 unspecified atom stereocenters. The Kier molecular flexibility index (Phi) is 7.48. The molecule has 0 spiro atoms. The van der Waals surface area contributed by atoms with E-state index in [0.717, 1.165) is 5.56 Å². The van der Waals surface area contributed by atoms with Gasteiger partial charge in [0.25, 0.3) is 11.8 Å². The number of carbonyl (C=O) groups excluding carboxylic acids is 4. The van der Waals surface area contributed by atoms with E-state index in [4.69, 9.17) is 10.5 Å². The maximum absolute atomic E-state index is 13.1. The van der Waals surface area contributed by atoms with Crippen molar-refractivity contribution in [1.29, 1.82) is 0 Å². The third-order valence-electron chi connectivity index (χ3n) is 5.47. The van der Waals surface area contributed by atoms with Crippen LogP contribution in [0.5, 0.6) is 5.75 Å². The number of rotatable bonds is 8. The van der Waals surface area contributed by atoms with Crippen LogP contribution in [0.3, 0.4) is 0 Å². The summed E-state index contributed by atoms with van der Waals surface area (Å²) in [6.07, 6.45) is -0.834. The average Bonchev–Trinajstić information content (AvgIpc) is 3.22. The van der Waals surface area contributed by atoms with Gasteiger partial charge in [-0.1, -0.05) is 36.4 Å². The molecule has 0 saturated heterocycles. The molecule has 0 radical (unpaired) electrons. The van der Waals surface area contributed by atoms with E-state index in [1.807, 2.05) is 30.3 Å². The van der Waals surface area contributed by atoms with E-state index in [-0.39, 0.29) is 30.5 Å². The number of methoxy groups -OCH3 is 1. The fraction of sp³-hybridized carbons (Fsp3) is 0.111. The van der Waals surface area contributed by atoms with Gasteiger partial charge in [0.1, 0.15) is 5.75 Å². The molecule has 0 bridgehead atoms. The first kappa shape index (κ1) is 25.0. The molecule has 3 aromatic rings. The van der Waals surface area contributed by atoms with Gasteiger partial charge in [-0.25, -0.2) is 4.79 Å². The maximum Gasteiger partial charge on any atom is 0.513 e. The van der Waals surface area contributed by atoms with Crippen molar-refractivity contribution in [3.05, 3.63) is 89.5 Å². The lowest BCUT2D eigenvalue weighted by Crippen LogP contribution is -2.27. The van der Waals surface area contributed by atoms with Crippen molar-refractivity contribution in [2.24, 2.45) is 5.73 Å². The van der Waals surface area contributed by atoms with Gasteiger partial charge in [0.15, 0.2) is 0 Å². The largest absolute Gasteiger partial charge is 0.513 e. The van der Waals surface area contributed by atoms with Gasteiger partial charge in [-0.15, -0.1) is 0 Å². The Morgan fingerprint density at radius 2 is 1.70 bits per heavy atom. The predicted molar refractivity (Wildman–Crippen MR) is 138 cm³/mol. The highest BCUT2D eigenvalue weighted by atomic mass is 16.7. The standard InChI is InChI=1S/C27H24N4O6/c1-36-27(35)37-19-10-11-20-21(15-19)31-26(34)23(20)24(16-6-3-2-4-7-16)30-18-9-5-8-17(14-18)25(33)29-13-12-22(28)32/h2-11,14-15,30H,12-13H2,1H3,(H2,28,32)(H,29,33)(H,31,34)/b24-23-. The molecule has 5 N–H and O–H groups in total. The number of primary amides is 1. The zero-order chi connectivity index (χ0) is 26.4. The number of hydrogen-bond donors (Lipinski definition) is 4. The fourth-order valence-electron chi connectivity index (χ4n) is 3.77. The molecule has 0 atom stereocenters. The number of amides is 3. The third-order valence-corrected chi connectivity index (χ3v) is 5.47. The van der Waals surface area contributed by atoms with Crippen molar-refractivity contribution in [2.45, 2.75) is 6.42 Å². The number of carbonyl (C=O) groups is 4. The SMILES string of the molecule is COC(=O)Oc1ccc2c(c1)NC(=O)/C2=C(\Nc1cccc(C(=O)NCCC(N)=O)c1)c1ccccc1. The van der Waals surface area contributed by atoms with Crippen LogP contribution in [0.4, 0.5) is 16.2 Å². The fourth-order valence-corrected chi connectivity index (χ4v) is 3.77. The molecule has 3 aromatic carbocycles. The Morgan fingerprint density at radius 1 is 0.946 bits per heavy atom. The van der Waals surface area contributed by atoms with Crippen molar-refractivity contribution in [3.63, 3.8) is 0 Å². The van der Waals surface area contributed by atoms with Crippen LogP contribution >= 0.6 is 0 Å². The normalized spacial score (nSPS) is 13.2. The Bertz CT molecular complexity index is 1400. The summed E-state index contributed by atoms with van der Waals surface area (Å²) in [6, 6.07) is 20.8. The van der Waals surface area contributed by atoms with Gasteiger partial charge in [-0.2, -0.15) is 0 Å². The van der Waals surface area contributed by atoms with E-state index >= 15 is 0 Å². The first-order valence-electron chi connectivity index (χ1n) is 11.3. The lowest BCUT2D eigenvalue weighted by Gasteiger charge is -2.15. The summed E-state index contributed by atoms with van der Waals surface area (Å²) < 4.78 is 9.59. The van der Waals surface area contributed by atoms with Gasteiger partial charge in [0.05, 0.1) is 24.1 Å². The van der Waals surface area contributed by atoms with E-state index < -0.39 is 12.1 Å². The molecule has 0 aromatic heterocycles. The Labute approximate surface area is 212 Å². The van der Waals surface area contributed by atoms with Gasteiger partial charge in [0, 0.05) is 35.8 Å². The summed E-state index contributed by atoms with van der Waals surface area (Å²) >= 11 is 0. The number of fused-ring (bicyclic) bond motifs is 1. The zero-order valence-corrected chi connectivity index (χ0v) is 19.9. The summed E-state index contributed by atoms with van der Waals surface area (Å²) in [5, 5.41) is 8.75. The average molecular weight is 501 g/mol. The second-order valence-corrected chi connectivity index (χ2v) is 8.01. The van der Waals surface area contributed by atoms with Crippen molar-refractivity contribution >= 4 is 46.5 Å². The summed E-state index contributed by atoms with van der Waals surface area (Å²) in [6.45, 7) is 0.129. The van der Waals surface area contributed by atoms with Crippen molar-refractivity contribution in [2.75, 3.05) is 24.3 Å². The van der Waals surface area contributed by atoms with Crippen LogP contribution in [0.15, 0.2) is 72.8 Å². The number of nitrogens with one attached hydrogen (secondary N) is 3. The molecule has 0 aliphatic carbocycles. The van der Waals surface area contributed by atoms with Gasteiger partial charge in [-0.3, -0.25) is 14.4 Å². The molecule has 1 aliphatic rings. The molecule has 1 aliphatic heterocycles. The van der Waals surface area contributed by atoms with E-state index in [9.17, 15) is 19.2 Å². The molecule has 0 saturated carbocycles. The van der Waals surface area contributed by atoms with Crippen LogP contribution in [0.2, 0.25) is 0 Å². The first-order valence-corrected chi connectivity index (χ1v) is 11.3. The van der Waals surface area contributed by atoms with Crippen LogP contribution in [-0.4, -0.2) is 37.5 Å². The molecule has 0 fully saturated rings. The number of hydrogen-bond acceptors (Lipinski definition) is 7. The molecular weight excluding hydrogens is 476 g/mol. The molecule has 10 nitrogen and oxygen atoms in total. The summed E-state index contributed by atoms with van der Waals surface area (Å²) in [4.78, 5) is 48.1. The number of anilines is 2. The first-order chi connectivity index (χ1) is 17.9. The number of nitrogens with two attached hydrogens (primary N) is 1. The Balaban J connectivity index is 1.70. The third kappa shape index (κ3) is 5.93. The Hall–Kier alpha value is -5.12. The molecule has 37 heavy (non-hydrogen) atoms. The topological polar surface area (TPSA) is 149 Å². The quantitative estimate of drug-likeness (QED) is 0.210. The minimum Gasteiger partial charge on any atom is -0.437 e. The molecule has 10 heteroatoms. The highest BCUT2D eigenvalue weighted by molar-refractivity contribution is 6.37. The maximum atomic E-state index is 13.1. The molecule has 1 heterocycles. The van der Waals surface area contributed by atoms with E-state index in [0.29, 0.717) is 33.8 Å². The predicted octanol–water partition coefficient (Wildman–Crippen LogP) is 3.37. The van der Waals surface area contributed by atoms with Crippen molar-refractivity contribution in [3.8, 4) is 5.75 Å². The minimum atomic E-state index is -0.870. The second-order valence-electron chi connectivity index (χ2n) is 8.01. The lowest BCUT2D eigenvalue weighted by atomic mass is 9.99. The monoisotopic (exact) mass is 500 g/mol. The zero-order valence-electron chi connectivity index (χ0n) is 19.9. The van der Waals surface area contributed by atoms with E-state index in [1.54, 1.807) is 36.4 Å². The van der Waals surface area contributed by atoms with Crippen LogP contribution < -0.4 is 26.4 Å². The van der Waals surface area contributed by atoms with Crippen LogP contribution in [0, 0.1) is 0 Å². The molecule has 3 amide bonds. The second kappa shape index (κ2) is 11.1. The molecular formula is C27H24N4O6. The lowest BCUT2D eigenvalue weighted by molar-refractivity contribution is -0.117. The summed E-state index contributed by atoms with van der Waals surface area (Å²) in [7, 11) is 1.20. The highest BCUT2D eigenvalue weighted by Gasteiger charge is 2.29. The smallest absolute Gasteiger partial charge is 0.437 e. The summed E-state index contributed by atoms with van der Waals surface area (Å²) in [5.41, 5.74) is 8.78. The number of benzene rings is 3. The van der Waals surface area contributed by atoms with Gasteiger partial charge < -0.3 is 31.2 Å². The number of ether oxygens (including phenoxy) is 2. The van der Waals surface area contributed by atoms with Crippen LogP contribution in [-0.2, 0) is 14.3 Å². The Morgan fingerprint density at radius 3 is 2.43 bits per heavy atom. The molecule has 4 rings (SSSR count). The minimum absolute atomic E-state index is 0.0365.